The lowest BCUT2D eigenvalue weighted by atomic mass is 10.3. The normalized spacial score (nSPS) is 13.9. The Labute approximate surface area is 101 Å². The number of nitrogens with one attached hydrogen (secondary N) is 2. The van der Waals surface area contributed by atoms with Gasteiger partial charge in [0.2, 0.25) is 11.8 Å². The lowest BCUT2D eigenvalue weighted by molar-refractivity contribution is -0.129. The Morgan fingerprint density at radius 1 is 1.11 bits per heavy atom. The molecule has 1 aliphatic rings. The maximum atomic E-state index is 10.3. The second kappa shape index (κ2) is 6.09. The third-order valence-electron chi connectivity index (χ3n) is 1.75. The van der Waals surface area contributed by atoms with Gasteiger partial charge in [-0.1, -0.05) is 0 Å². The molecule has 0 radical (unpaired) electrons. The van der Waals surface area contributed by atoms with Crippen LogP contribution in [0, 0.1) is 0 Å². The largest absolute Gasteiger partial charge is 0.478 e. The van der Waals surface area contributed by atoms with Crippen molar-refractivity contribution in [2.45, 2.75) is 6.42 Å². The van der Waals surface area contributed by atoms with Crippen LogP contribution in [0.15, 0.2) is 24.5 Å². The summed E-state index contributed by atoms with van der Waals surface area (Å²) >= 11 is 0. The monoisotopic (exact) mass is 251 g/mol. The van der Waals surface area contributed by atoms with E-state index < -0.39 is 23.8 Å². The Bertz CT molecular complexity index is 440. The van der Waals surface area contributed by atoms with Crippen molar-refractivity contribution in [2.75, 3.05) is 0 Å². The van der Waals surface area contributed by atoms with Gasteiger partial charge < -0.3 is 5.11 Å². The fourth-order valence-electron chi connectivity index (χ4n) is 1.01. The zero-order chi connectivity index (χ0) is 13.5. The molecule has 0 aromatic carbocycles. The molecule has 0 aliphatic carbocycles. The first-order valence-electron chi connectivity index (χ1n) is 4.76. The highest BCUT2D eigenvalue weighted by Crippen LogP contribution is 1.93. The topological polar surface area (TPSA) is 125 Å². The van der Waals surface area contributed by atoms with E-state index in [1.54, 1.807) is 0 Å². The number of rotatable bonds is 1. The zero-order valence-electron chi connectivity index (χ0n) is 9.04. The van der Waals surface area contributed by atoms with Crippen LogP contribution >= 0.6 is 0 Å². The van der Waals surface area contributed by atoms with E-state index in [1.165, 1.54) is 24.5 Å². The van der Waals surface area contributed by atoms with E-state index in [1.807, 2.05) is 10.6 Å². The van der Waals surface area contributed by atoms with Gasteiger partial charge in [0.1, 0.15) is 6.42 Å². The summed E-state index contributed by atoms with van der Waals surface area (Å²) in [6, 6.07) is 2.15. The zero-order valence-corrected chi connectivity index (χ0v) is 9.04. The molecule has 0 atom stereocenters. The first kappa shape index (κ1) is 13.3. The molecule has 1 aliphatic heterocycles. The number of carboxylic acid groups (broad SMARTS) is 1. The van der Waals surface area contributed by atoms with E-state index in [9.17, 15) is 19.2 Å². The van der Waals surface area contributed by atoms with E-state index in [2.05, 4.69) is 4.98 Å². The summed E-state index contributed by atoms with van der Waals surface area (Å²) in [6.45, 7) is 0. The predicted molar refractivity (Wildman–Crippen MR) is 57.5 cm³/mol. The van der Waals surface area contributed by atoms with Crippen LogP contribution in [0.5, 0.6) is 0 Å². The van der Waals surface area contributed by atoms with Gasteiger partial charge >= 0.3 is 12.0 Å². The van der Waals surface area contributed by atoms with Gasteiger partial charge in [-0.15, -0.1) is 0 Å². The van der Waals surface area contributed by atoms with Crippen LogP contribution in [0.3, 0.4) is 0 Å². The number of carbonyl (C=O) groups is 4. The molecule has 1 aromatic heterocycles. The van der Waals surface area contributed by atoms with Crippen LogP contribution in [-0.2, 0) is 9.59 Å². The number of barbiturate groups is 1. The molecular weight excluding hydrogens is 242 g/mol. The molecule has 3 N–H and O–H groups in total. The van der Waals surface area contributed by atoms with Crippen molar-refractivity contribution >= 4 is 23.8 Å². The molecule has 2 rings (SSSR count). The number of amides is 4. The summed E-state index contributed by atoms with van der Waals surface area (Å²) in [5, 5.41) is 12.2. The number of carbonyl (C=O) groups excluding carboxylic acids is 3. The molecule has 8 heteroatoms. The second-order valence-corrected chi connectivity index (χ2v) is 3.14. The summed E-state index contributed by atoms with van der Waals surface area (Å²) in [6.07, 6.45) is 2.64. The van der Waals surface area contributed by atoms with Crippen LogP contribution in [0.1, 0.15) is 16.8 Å². The smallest absolute Gasteiger partial charge is 0.335 e. The molecule has 8 nitrogen and oxygen atoms in total. The van der Waals surface area contributed by atoms with Gasteiger partial charge in [0.05, 0.1) is 5.56 Å². The highest BCUT2D eigenvalue weighted by Gasteiger charge is 2.20. The summed E-state index contributed by atoms with van der Waals surface area (Å²) in [5.41, 5.74) is 0.269. The first-order valence-corrected chi connectivity index (χ1v) is 4.76. The minimum Gasteiger partial charge on any atom is -0.478 e. The Morgan fingerprint density at radius 3 is 1.94 bits per heavy atom. The van der Waals surface area contributed by atoms with Crippen molar-refractivity contribution < 1.29 is 24.3 Å². The number of aromatic carboxylic acids is 1. The van der Waals surface area contributed by atoms with Crippen LogP contribution in [-0.4, -0.2) is 33.9 Å². The third kappa shape index (κ3) is 4.39. The van der Waals surface area contributed by atoms with Gasteiger partial charge in [-0.05, 0) is 12.1 Å². The van der Waals surface area contributed by atoms with Crippen molar-refractivity contribution in [1.82, 2.24) is 15.6 Å². The Hall–Kier alpha value is -2.77. The van der Waals surface area contributed by atoms with Gasteiger partial charge in [-0.2, -0.15) is 0 Å². The number of aromatic nitrogens is 1. The number of urea groups is 1. The molecule has 4 amide bonds. The van der Waals surface area contributed by atoms with Gasteiger partial charge in [0, 0.05) is 12.4 Å². The van der Waals surface area contributed by atoms with Gasteiger partial charge in [0.15, 0.2) is 0 Å². The fourth-order valence-corrected chi connectivity index (χ4v) is 1.01. The van der Waals surface area contributed by atoms with E-state index in [0.29, 0.717) is 0 Å². The lowest BCUT2D eigenvalue weighted by Crippen LogP contribution is -2.49. The van der Waals surface area contributed by atoms with Gasteiger partial charge in [0.25, 0.3) is 0 Å². The number of hydrogen-bond acceptors (Lipinski definition) is 5. The number of nitrogens with zero attached hydrogens (tertiary/aromatic N) is 1. The quantitative estimate of drug-likeness (QED) is 0.579. The molecular formula is C10H9N3O5. The first-order chi connectivity index (χ1) is 8.49. The maximum Gasteiger partial charge on any atom is 0.335 e. The third-order valence-corrected chi connectivity index (χ3v) is 1.75. The van der Waals surface area contributed by atoms with Gasteiger partial charge in [-0.25, -0.2) is 9.59 Å². The molecule has 1 fully saturated rings. The van der Waals surface area contributed by atoms with Crippen molar-refractivity contribution in [3.63, 3.8) is 0 Å². The molecule has 0 bridgehead atoms. The predicted octanol–water partition coefficient (Wildman–Crippen LogP) is -0.478. The van der Waals surface area contributed by atoms with Crippen molar-refractivity contribution in [3.8, 4) is 0 Å². The average Bonchev–Trinajstić information content (AvgIpc) is 2.29. The Kier molecular flexibility index (Phi) is 4.50. The van der Waals surface area contributed by atoms with Gasteiger partial charge in [-0.3, -0.25) is 25.2 Å². The van der Waals surface area contributed by atoms with Crippen molar-refractivity contribution in [1.29, 1.82) is 0 Å². The second-order valence-electron chi connectivity index (χ2n) is 3.14. The number of pyridine rings is 1. The summed E-state index contributed by atoms with van der Waals surface area (Å²) < 4.78 is 0. The van der Waals surface area contributed by atoms with Crippen molar-refractivity contribution in [3.05, 3.63) is 30.1 Å². The molecule has 0 spiro atoms. The maximum absolute atomic E-state index is 10.3. The molecule has 1 aromatic rings. The highest BCUT2D eigenvalue weighted by atomic mass is 16.4. The molecule has 1 saturated heterocycles. The molecule has 2 heterocycles. The Balaban J connectivity index is 0.000000180. The minimum absolute atomic E-state index is 0.258. The number of imide groups is 2. The number of carboxylic acids is 1. The van der Waals surface area contributed by atoms with E-state index in [4.69, 9.17) is 5.11 Å². The minimum atomic E-state index is -0.919. The van der Waals surface area contributed by atoms with Crippen LogP contribution in [0.25, 0.3) is 0 Å². The van der Waals surface area contributed by atoms with Crippen LogP contribution in [0.4, 0.5) is 4.79 Å². The highest BCUT2D eigenvalue weighted by molar-refractivity contribution is 6.14. The average molecular weight is 251 g/mol. The van der Waals surface area contributed by atoms with Crippen molar-refractivity contribution in [2.24, 2.45) is 0 Å². The molecule has 0 unspecified atom stereocenters. The fraction of sp³-hybridized carbons (Fsp3) is 0.100. The summed E-state index contributed by atoms with van der Waals surface area (Å²) in [7, 11) is 0. The molecule has 0 saturated carbocycles. The standard InChI is InChI=1S/C6H5NO2.C4H4N2O3/c8-6(9)5-1-3-7-4-2-5;7-2-1-3(8)6-4(9)5-2/h1-4H,(H,8,9);1H2,(H2,5,6,7,8,9). The van der Waals surface area contributed by atoms with E-state index >= 15 is 0 Å². The molecule has 94 valence electrons. The van der Waals surface area contributed by atoms with Crippen LogP contribution < -0.4 is 10.6 Å². The number of hydrogen-bond donors (Lipinski definition) is 3. The van der Waals surface area contributed by atoms with E-state index in [0.717, 1.165) is 0 Å². The Morgan fingerprint density at radius 2 is 1.61 bits per heavy atom. The molecule has 18 heavy (non-hydrogen) atoms. The summed E-state index contributed by atoms with van der Waals surface area (Å²) in [4.78, 5) is 44.6. The lowest BCUT2D eigenvalue weighted by Gasteiger charge is -2.09. The van der Waals surface area contributed by atoms with E-state index in [-0.39, 0.29) is 12.0 Å². The SMILES string of the molecule is O=C(O)c1ccncc1.O=C1CC(=O)NC(=O)N1. The summed E-state index contributed by atoms with van der Waals surface area (Å²) in [5.74, 6) is -2.02. The van der Waals surface area contributed by atoms with Crippen LogP contribution in [0.2, 0.25) is 0 Å².